The molecule has 1 fully saturated rings. The fourth-order valence-electron chi connectivity index (χ4n) is 2.64. The van der Waals surface area contributed by atoms with Crippen LogP contribution in [0.5, 0.6) is 0 Å². The number of hydrogen-bond acceptors (Lipinski definition) is 3. The molecule has 0 amide bonds. The molecule has 1 rings (SSSR count). The van der Waals surface area contributed by atoms with Crippen LogP contribution in [-0.4, -0.2) is 19.4 Å². The first kappa shape index (κ1) is 13.5. The van der Waals surface area contributed by atoms with E-state index in [2.05, 4.69) is 13.0 Å². The van der Waals surface area contributed by atoms with E-state index >= 15 is 0 Å². The summed E-state index contributed by atoms with van der Waals surface area (Å²) in [6.07, 6.45) is 4.66. The minimum atomic E-state index is -3.06. The van der Waals surface area contributed by atoms with Crippen molar-refractivity contribution in [3.05, 3.63) is 0 Å². The van der Waals surface area contributed by atoms with Crippen LogP contribution in [0.15, 0.2) is 0 Å². The second kappa shape index (κ2) is 5.67. The van der Waals surface area contributed by atoms with Crippen molar-refractivity contribution in [1.82, 2.24) is 0 Å². The quantitative estimate of drug-likeness (QED) is 0.762. The van der Waals surface area contributed by atoms with Crippen molar-refractivity contribution in [2.24, 2.45) is 11.8 Å². The van der Waals surface area contributed by atoms with Gasteiger partial charge in [-0.05, 0) is 25.2 Å². The van der Waals surface area contributed by atoms with Gasteiger partial charge in [-0.25, -0.2) is 8.42 Å². The molecular formula is C12H21NO2S. The first-order valence-electron chi connectivity index (χ1n) is 6.16. The fraction of sp³-hybridized carbons (Fsp3) is 0.917. The summed E-state index contributed by atoms with van der Waals surface area (Å²) < 4.78 is 23.8. The summed E-state index contributed by atoms with van der Waals surface area (Å²) in [4.78, 5) is 0. The Morgan fingerprint density at radius 3 is 2.50 bits per heavy atom. The van der Waals surface area contributed by atoms with Crippen LogP contribution in [0, 0.1) is 23.2 Å². The van der Waals surface area contributed by atoms with Gasteiger partial charge in [-0.2, -0.15) is 5.26 Å². The van der Waals surface area contributed by atoms with Gasteiger partial charge in [0.2, 0.25) is 0 Å². The van der Waals surface area contributed by atoms with Crippen LogP contribution in [0.2, 0.25) is 0 Å². The van der Waals surface area contributed by atoms with Crippen molar-refractivity contribution in [3.63, 3.8) is 0 Å². The van der Waals surface area contributed by atoms with Crippen molar-refractivity contribution < 1.29 is 8.42 Å². The zero-order valence-corrected chi connectivity index (χ0v) is 11.0. The average Bonchev–Trinajstić information content (AvgIpc) is 2.29. The largest absolute Gasteiger partial charge is 0.229 e. The van der Waals surface area contributed by atoms with Crippen molar-refractivity contribution in [1.29, 1.82) is 5.26 Å². The summed E-state index contributed by atoms with van der Waals surface area (Å²) in [5.41, 5.74) is 0. The number of rotatable bonds is 4. The van der Waals surface area contributed by atoms with Crippen LogP contribution < -0.4 is 0 Å². The third-order valence-electron chi connectivity index (χ3n) is 3.63. The van der Waals surface area contributed by atoms with Gasteiger partial charge in [-0.3, -0.25) is 0 Å². The lowest BCUT2D eigenvalue weighted by atomic mass is 9.80. The molecule has 16 heavy (non-hydrogen) atoms. The Bertz CT molecular complexity index is 356. The molecule has 3 nitrogen and oxygen atoms in total. The molecule has 0 aliphatic heterocycles. The van der Waals surface area contributed by atoms with Crippen molar-refractivity contribution in [3.8, 4) is 6.07 Å². The summed E-state index contributed by atoms with van der Waals surface area (Å²) in [7, 11) is -3.06. The maximum absolute atomic E-state index is 11.9. The zero-order valence-electron chi connectivity index (χ0n) is 10.1. The Kier molecular flexibility index (Phi) is 4.79. The first-order chi connectivity index (χ1) is 7.55. The minimum Gasteiger partial charge on any atom is -0.229 e. The van der Waals surface area contributed by atoms with Gasteiger partial charge in [-0.1, -0.05) is 26.7 Å². The summed E-state index contributed by atoms with van der Waals surface area (Å²) in [5, 5.41) is 8.61. The van der Waals surface area contributed by atoms with Gasteiger partial charge in [0.25, 0.3) is 0 Å². The SMILES string of the molecule is CCCC1CCC(C#N)C(S(=O)(=O)CC)C1. The van der Waals surface area contributed by atoms with E-state index in [4.69, 9.17) is 5.26 Å². The highest BCUT2D eigenvalue weighted by Crippen LogP contribution is 2.35. The average molecular weight is 243 g/mol. The van der Waals surface area contributed by atoms with Gasteiger partial charge >= 0.3 is 0 Å². The topological polar surface area (TPSA) is 57.9 Å². The Morgan fingerprint density at radius 2 is 2.00 bits per heavy atom. The highest BCUT2D eigenvalue weighted by Gasteiger charge is 2.37. The van der Waals surface area contributed by atoms with Crippen LogP contribution in [0.25, 0.3) is 0 Å². The third-order valence-corrected chi connectivity index (χ3v) is 5.87. The number of nitriles is 1. The Morgan fingerprint density at radius 1 is 1.31 bits per heavy atom. The zero-order chi connectivity index (χ0) is 12.2. The molecular weight excluding hydrogens is 222 g/mol. The molecule has 0 aromatic heterocycles. The van der Waals surface area contributed by atoms with E-state index in [0.717, 1.165) is 25.7 Å². The van der Waals surface area contributed by atoms with E-state index in [9.17, 15) is 8.42 Å². The molecule has 0 aromatic carbocycles. The molecule has 0 saturated heterocycles. The maximum Gasteiger partial charge on any atom is 0.154 e. The molecule has 0 spiro atoms. The molecule has 3 unspecified atom stereocenters. The predicted octanol–water partition coefficient (Wildman–Crippen LogP) is 2.53. The normalized spacial score (nSPS) is 30.9. The maximum atomic E-state index is 11.9. The predicted molar refractivity (Wildman–Crippen MR) is 64.6 cm³/mol. The van der Waals surface area contributed by atoms with Crippen molar-refractivity contribution in [2.75, 3.05) is 5.75 Å². The van der Waals surface area contributed by atoms with E-state index in [1.54, 1.807) is 6.92 Å². The van der Waals surface area contributed by atoms with Gasteiger partial charge in [0, 0.05) is 5.75 Å². The van der Waals surface area contributed by atoms with Crippen LogP contribution in [0.3, 0.4) is 0 Å². The number of nitrogens with zero attached hydrogens (tertiary/aromatic N) is 1. The molecule has 0 heterocycles. The van der Waals surface area contributed by atoms with Gasteiger partial charge in [0.05, 0.1) is 17.2 Å². The van der Waals surface area contributed by atoms with E-state index < -0.39 is 15.1 Å². The number of hydrogen-bond donors (Lipinski definition) is 0. The van der Waals surface area contributed by atoms with Crippen molar-refractivity contribution >= 4 is 9.84 Å². The van der Waals surface area contributed by atoms with Gasteiger partial charge in [0.15, 0.2) is 9.84 Å². The highest BCUT2D eigenvalue weighted by molar-refractivity contribution is 7.92. The Labute approximate surface area is 98.8 Å². The fourth-order valence-corrected chi connectivity index (χ4v) is 4.33. The number of sulfone groups is 1. The van der Waals surface area contributed by atoms with Gasteiger partial charge in [-0.15, -0.1) is 0 Å². The van der Waals surface area contributed by atoms with E-state index in [1.807, 2.05) is 0 Å². The summed E-state index contributed by atoms with van der Waals surface area (Å²) in [6.45, 7) is 3.80. The molecule has 0 N–H and O–H groups in total. The molecule has 0 bridgehead atoms. The van der Waals surface area contributed by atoms with Crippen molar-refractivity contribution in [2.45, 2.75) is 51.2 Å². The second-order valence-electron chi connectivity index (χ2n) is 4.69. The Hall–Kier alpha value is -0.560. The van der Waals surface area contributed by atoms with Crippen LogP contribution in [0.1, 0.15) is 46.0 Å². The molecule has 4 heteroatoms. The molecule has 1 aliphatic carbocycles. The standard InChI is InChI=1S/C12H21NO2S/c1-3-5-10-6-7-11(9-13)12(8-10)16(14,15)4-2/h10-12H,3-8H2,1-2H3. The lowest BCUT2D eigenvalue weighted by Gasteiger charge is -2.32. The van der Waals surface area contributed by atoms with Gasteiger partial charge < -0.3 is 0 Å². The van der Waals surface area contributed by atoms with Crippen LogP contribution >= 0.6 is 0 Å². The minimum absolute atomic E-state index is 0.161. The second-order valence-corrected chi connectivity index (χ2v) is 7.20. The monoisotopic (exact) mass is 243 g/mol. The van der Waals surface area contributed by atoms with E-state index in [-0.39, 0.29) is 11.7 Å². The molecule has 3 atom stereocenters. The third kappa shape index (κ3) is 2.98. The summed E-state index contributed by atoms with van der Waals surface area (Å²) in [5.74, 6) is 0.383. The smallest absolute Gasteiger partial charge is 0.154 e. The molecule has 1 saturated carbocycles. The van der Waals surface area contributed by atoms with Gasteiger partial charge in [0.1, 0.15) is 0 Å². The molecule has 92 valence electrons. The molecule has 0 radical (unpaired) electrons. The lowest BCUT2D eigenvalue weighted by Crippen LogP contribution is -2.36. The summed E-state index contributed by atoms with van der Waals surface area (Å²) >= 11 is 0. The summed E-state index contributed by atoms with van der Waals surface area (Å²) in [6, 6.07) is 2.18. The van der Waals surface area contributed by atoms with E-state index in [1.165, 1.54) is 0 Å². The highest BCUT2D eigenvalue weighted by atomic mass is 32.2. The molecule has 1 aliphatic rings. The van der Waals surface area contributed by atoms with Crippen LogP contribution in [0.4, 0.5) is 0 Å². The lowest BCUT2D eigenvalue weighted by molar-refractivity contribution is 0.299. The van der Waals surface area contributed by atoms with Crippen LogP contribution in [-0.2, 0) is 9.84 Å². The molecule has 0 aromatic rings. The Balaban J connectivity index is 2.81. The van der Waals surface area contributed by atoms with E-state index in [0.29, 0.717) is 12.3 Å². The first-order valence-corrected chi connectivity index (χ1v) is 7.87.